The summed E-state index contributed by atoms with van der Waals surface area (Å²) < 4.78 is 34.1. The van der Waals surface area contributed by atoms with Gasteiger partial charge < -0.3 is 64.2 Å². The molecule has 0 aliphatic carbocycles. The number of ether oxygens (including phenoxy) is 6. The molecule has 2 aliphatic heterocycles. The summed E-state index contributed by atoms with van der Waals surface area (Å²) in [6.07, 6.45) is 50.8. The largest absolute Gasteiger partial charge is 0.457 e. The summed E-state index contributed by atoms with van der Waals surface area (Å²) in [5, 5.41) is 72.2. The lowest BCUT2D eigenvalue weighted by Crippen LogP contribution is -2.61. The van der Waals surface area contributed by atoms with E-state index in [0.29, 0.717) is 13.0 Å². The normalized spacial score (nSPS) is 25.8. The number of hydrogen-bond acceptors (Lipinski definition) is 14. The van der Waals surface area contributed by atoms with Crippen molar-refractivity contribution in [2.45, 2.75) is 197 Å². The predicted octanol–water partition coefficient (Wildman–Crippen LogP) is 9.29. The molecule has 0 spiro atoms. The third-order valence-corrected chi connectivity index (χ3v) is 11.9. The number of hydrogen-bond donors (Lipinski definition) is 7. The average Bonchev–Trinajstić information content (AvgIpc) is 3.41. The Morgan fingerprint density at radius 1 is 0.440 bits per heavy atom. The monoisotopic (exact) mass is 1050 g/mol. The van der Waals surface area contributed by atoms with Crippen molar-refractivity contribution in [3.8, 4) is 0 Å². The smallest absolute Gasteiger partial charge is 0.310 e. The third-order valence-electron chi connectivity index (χ3n) is 11.9. The fourth-order valence-corrected chi connectivity index (χ4v) is 7.51. The van der Waals surface area contributed by atoms with Gasteiger partial charge in [-0.3, -0.25) is 4.79 Å². The zero-order valence-electron chi connectivity index (χ0n) is 45.0. The van der Waals surface area contributed by atoms with Crippen LogP contribution >= 0.6 is 0 Å². The number of aliphatic hydroxyl groups excluding tert-OH is 7. The molecular weight excluding hydrogens is 957 g/mol. The van der Waals surface area contributed by atoms with Gasteiger partial charge in [0.25, 0.3) is 0 Å². The van der Waals surface area contributed by atoms with E-state index in [1.807, 2.05) is 12.2 Å². The van der Waals surface area contributed by atoms with Crippen LogP contribution in [0.2, 0.25) is 0 Å². The highest BCUT2D eigenvalue weighted by Gasteiger charge is 2.47. The summed E-state index contributed by atoms with van der Waals surface area (Å²) in [7, 11) is 0. The first-order valence-electron chi connectivity index (χ1n) is 27.4. The third kappa shape index (κ3) is 32.9. The van der Waals surface area contributed by atoms with Crippen molar-refractivity contribution in [3.05, 3.63) is 146 Å². The molecule has 7 N–H and O–H groups in total. The van der Waals surface area contributed by atoms with E-state index in [4.69, 9.17) is 28.4 Å². The van der Waals surface area contributed by atoms with E-state index in [9.17, 15) is 40.5 Å². The minimum Gasteiger partial charge on any atom is -0.457 e. The first kappa shape index (κ1) is 67.0. The van der Waals surface area contributed by atoms with Gasteiger partial charge in [-0.15, -0.1) is 0 Å². The van der Waals surface area contributed by atoms with Crippen molar-refractivity contribution in [2.75, 3.05) is 33.0 Å². The molecule has 0 aromatic rings. The lowest BCUT2D eigenvalue weighted by Gasteiger charge is -2.42. The van der Waals surface area contributed by atoms with E-state index < -0.39 is 86.7 Å². The predicted molar refractivity (Wildman–Crippen MR) is 297 cm³/mol. The number of esters is 1. The molecule has 2 fully saturated rings. The first-order chi connectivity index (χ1) is 36.6. The maximum absolute atomic E-state index is 13.0. The standard InChI is InChI=1S/C61H94O14/c1-3-5-7-9-11-13-15-17-19-20-21-22-23-24-25-26-27-28-29-31-33-35-37-39-41-43-45-70-47-50(73-53(63)44-42-40-38-36-34-32-30-18-16-14-12-10-8-6-4-2)48-71-60-59(69)57(67)55(65)52(75-60)49-72-61-58(68)56(66)54(64)51(46-62)74-61/h5-8,11-14,17-19,21-22,24-25,27-28,30-31,33-34,36,40,42,50-52,54-62,64-69H,3-4,9-10,15-16,20,23,26,29,32,35,37-39,41,43-49H2,1-2H3/b7-5-,8-6-,13-11-,14-12-,19-17-,22-21-,25-24-,28-27-,30-18-,33-31-,36-34-,42-40-. The Labute approximate surface area is 449 Å². The molecule has 2 heterocycles. The van der Waals surface area contributed by atoms with Crippen molar-refractivity contribution in [1.29, 1.82) is 0 Å². The van der Waals surface area contributed by atoms with Crippen LogP contribution in [0.25, 0.3) is 0 Å². The van der Waals surface area contributed by atoms with Gasteiger partial charge in [0.1, 0.15) is 54.9 Å². The van der Waals surface area contributed by atoms with Gasteiger partial charge in [-0.05, 0) is 96.3 Å². The summed E-state index contributed by atoms with van der Waals surface area (Å²) in [4.78, 5) is 13.0. The molecular formula is C61H94O14. The number of unbranched alkanes of at least 4 members (excludes halogenated alkanes) is 4. The Morgan fingerprint density at radius 3 is 1.28 bits per heavy atom. The molecule has 2 aliphatic rings. The van der Waals surface area contributed by atoms with Crippen molar-refractivity contribution in [1.82, 2.24) is 0 Å². The van der Waals surface area contributed by atoms with Crippen LogP contribution in [-0.4, -0.2) is 142 Å². The number of rotatable bonds is 41. The lowest BCUT2D eigenvalue weighted by molar-refractivity contribution is -0.332. The molecule has 11 atom stereocenters. The second-order valence-corrected chi connectivity index (χ2v) is 18.3. The summed E-state index contributed by atoms with van der Waals surface area (Å²) in [5.41, 5.74) is 0. The quantitative estimate of drug-likeness (QED) is 0.0173. The minimum absolute atomic E-state index is 0.00465. The van der Waals surface area contributed by atoms with Crippen LogP contribution in [0.3, 0.4) is 0 Å². The van der Waals surface area contributed by atoms with Crippen LogP contribution in [0.1, 0.15) is 129 Å². The van der Waals surface area contributed by atoms with E-state index in [-0.39, 0.29) is 19.6 Å². The second-order valence-electron chi connectivity index (χ2n) is 18.3. The fraction of sp³-hybridized carbons (Fsp3) is 0.590. The number of allylic oxidation sites excluding steroid dienone is 23. The minimum atomic E-state index is -1.74. The van der Waals surface area contributed by atoms with Crippen molar-refractivity contribution in [2.24, 2.45) is 0 Å². The highest BCUT2D eigenvalue weighted by atomic mass is 16.7. The summed E-state index contributed by atoms with van der Waals surface area (Å²) in [6.45, 7) is 3.22. The Kier molecular flexibility index (Phi) is 41.1. The van der Waals surface area contributed by atoms with Crippen LogP contribution in [0.5, 0.6) is 0 Å². The molecule has 2 saturated heterocycles. The number of carbonyl (C=O) groups is 1. The van der Waals surface area contributed by atoms with Crippen molar-refractivity contribution < 1.29 is 69.0 Å². The van der Waals surface area contributed by atoms with Gasteiger partial charge in [0.05, 0.1) is 32.8 Å². The number of aliphatic hydroxyl groups is 7. The Balaban J connectivity index is 1.77. The molecule has 0 aromatic heterocycles. The molecule has 0 aromatic carbocycles. The molecule has 14 heteroatoms. The van der Waals surface area contributed by atoms with E-state index in [1.54, 1.807) is 6.08 Å². The van der Waals surface area contributed by atoms with Crippen LogP contribution in [0.15, 0.2) is 146 Å². The van der Waals surface area contributed by atoms with Crippen LogP contribution in [0, 0.1) is 0 Å². The summed E-state index contributed by atoms with van der Waals surface area (Å²) >= 11 is 0. The van der Waals surface area contributed by atoms with Crippen molar-refractivity contribution >= 4 is 5.97 Å². The molecule has 11 unspecified atom stereocenters. The van der Waals surface area contributed by atoms with Gasteiger partial charge in [0.2, 0.25) is 0 Å². The number of carbonyl (C=O) groups excluding carboxylic acids is 1. The Hall–Kier alpha value is -4.13. The summed E-state index contributed by atoms with van der Waals surface area (Å²) in [5.74, 6) is -0.520. The Bertz CT molecular complexity index is 1790. The van der Waals surface area contributed by atoms with Gasteiger partial charge in [-0.25, -0.2) is 0 Å². The lowest BCUT2D eigenvalue weighted by atomic mass is 9.98. The molecule has 422 valence electrons. The van der Waals surface area contributed by atoms with Crippen LogP contribution < -0.4 is 0 Å². The van der Waals surface area contributed by atoms with Gasteiger partial charge >= 0.3 is 5.97 Å². The molecule has 75 heavy (non-hydrogen) atoms. The van der Waals surface area contributed by atoms with Crippen LogP contribution in [0.4, 0.5) is 0 Å². The topological polar surface area (TPSA) is 214 Å². The average molecular weight is 1050 g/mol. The molecule has 0 radical (unpaired) electrons. The maximum Gasteiger partial charge on any atom is 0.310 e. The van der Waals surface area contributed by atoms with Gasteiger partial charge in [-0.2, -0.15) is 0 Å². The molecule has 0 amide bonds. The SMILES string of the molecule is CC/C=C\C/C=C\C/C=C\C/C=C\C/C=C\C/C=C\C/C=C\CCCCCCOCC(COC1OC(COC2OC(CO)C(O)C(O)C2O)C(O)C(O)C1O)OC(=O)C/C=C\C/C=C\C/C=C\C/C=C\C/C=C\CC. The first-order valence-corrected chi connectivity index (χ1v) is 27.4. The highest BCUT2D eigenvalue weighted by molar-refractivity contribution is 5.71. The van der Waals surface area contributed by atoms with E-state index in [0.717, 1.165) is 103 Å². The van der Waals surface area contributed by atoms with Crippen molar-refractivity contribution in [3.63, 3.8) is 0 Å². The fourth-order valence-electron chi connectivity index (χ4n) is 7.51. The van der Waals surface area contributed by atoms with E-state index in [2.05, 4.69) is 141 Å². The van der Waals surface area contributed by atoms with Gasteiger partial charge in [0, 0.05) is 6.61 Å². The zero-order chi connectivity index (χ0) is 54.4. The van der Waals surface area contributed by atoms with Crippen LogP contribution in [-0.2, 0) is 33.2 Å². The Morgan fingerprint density at radius 2 is 0.827 bits per heavy atom. The van der Waals surface area contributed by atoms with Gasteiger partial charge in [-0.1, -0.05) is 173 Å². The highest BCUT2D eigenvalue weighted by Crippen LogP contribution is 2.26. The second kappa shape index (κ2) is 46.0. The van der Waals surface area contributed by atoms with E-state index in [1.165, 1.54) is 0 Å². The molecule has 2 rings (SSSR count). The van der Waals surface area contributed by atoms with E-state index >= 15 is 0 Å². The maximum atomic E-state index is 13.0. The molecule has 0 bridgehead atoms. The van der Waals surface area contributed by atoms with Gasteiger partial charge in [0.15, 0.2) is 12.6 Å². The summed E-state index contributed by atoms with van der Waals surface area (Å²) in [6, 6.07) is 0. The molecule has 0 saturated carbocycles. The molecule has 14 nitrogen and oxygen atoms in total. The zero-order valence-corrected chi connectivity index (χ0v) is 45.0.